The molecule has 162 valence electrons. The third-order valence-electron chi connectivity index (χ3n) is 4.31. The van der Waals surface area contributed by atoms with Crippen LogP contribution in [-0.4, -0.2) is 26.6 Å². The van der Waals surface area contributed by atoms with E-state index in [1.165, 1.54) is 36.0 Å². The van der Waals surface area contributed by atoms with Crippen molar-refractivity contribution in [2.45, 2.75) is 37.2 Å². The van der Waals surface area contributed by atoms with Gasteiger partial charge in [-0.25, -0.2) is 4.39 Å². The van der Waals surface area contributed by atoms with Gasteiger partial charge in [-0.15, -0.1) is 10.2 Å². The smallest absolute Gasteiger partial charge is 0.231 e. The van der Waals surface area contributed by atoms with E-state index in [1.54, 1.807) is 4.57 Å². The van der Waals surface area contributed by atoms with Crippen LogP contribution in [0.1, 0.15) is 25.3 Å². The lowest BCUT2D eigenvalue weighted by Gasteiger charge is -2.09. The van der Waals surface area contributed by atoms with Gasteiger partial charge in [-0.2, -0.15) is 0 Å². The quantitative estimate of drug-likeness (QED) is 0.449. The highest BCUT2D eigenvalue weighted by molar-refractivity contribution is 7.98. The number of thioether (sulfide) groups is 1. The van der Waals surface area contributed by atoms with E-state index in [2.05, 4.69) is 20.8 Å². The number of anilines is 2. The molecule has 2 amide bonds. The Morgan fingerprint density at radius 2 is 1.71 bits per heavy atom. The van der Waals surface area contributed by atoms with Crippen LogP contribution in [0.5, 0.6) is 0 Å². The summed E-state index contributed by atoms with van der Waals surface area (Å²) in [6.07, 6.45) is -0.0384. The van der Waals surface area contributed by atoms with Crippen LogP contribution in [0.15, 0.2) is 53.7 Å². The molecule has 0 saturated carbocycles. The second-order valence-corrected chi connectivity index (χ2v) is 7.88. The summed E-state index contributed by atoms with van der Waals surface area (Å²) >= 11 is 7.66. The lowest BCUT2D eigenvalue weighted by atomic mass is 10.2. The number of carbonyl (C=O) groups excluding carboxylic acids is 2. The summed E-state index contributed by atoms with van der Waals surface area (Å²) in [6, 6.07) is 13.0. The largest absolute Gasteiger partial charge is 0.326 e. The zero-order valence-corrected chi connectivity index (χ0v) is 18.3. The highest BCUT2D eigenvalue weighted by atomic mass is 35.5. The average Bonchev–Trinajstić information content (AvgIpc) is 3.14. The highest BCUT2D eigenvalue weighted by Gasteiger charge is 2.15. The molecule has 2 aromatic carbocycles. The number of nitrogens with zero attached hydrogens (tertiary/aromatic N) is 3. The van der Waals surface area contributed by atoms with Crippen LogP contribution >= 0.6 is 23.4 Å². The Morgan fingerprint density at radius 3 is 2.39 bits per heavy atom. The first kappa shape index (κ1) is 22.8. The van der Waals surface area contributed by atoms with Crippen molar-refractivity contribution in [1.82, 2.24) is 14.8 Å². The number of rotatable bonds is 9. The van der Waals surface area contributed by atoms with Gasteiger partial charge in [0.1, 0.15) is 5.82 Å². The monoisotopic (exact) mass is 461 g/mol. The first-order chi connectivity index (χ1) is 15.0. The zero-order chi connectivity index (χ0) is 22.2. The number of nitrogens with one attached hydrogen (secondary N) is 2. The molecule has 3 aromatic rings. The molecule has 7 nitrogen and oxygen atoms in total. The van der Waals surface area contributed by atoms with E-state index in [9.17, 15) is 14.0 Å². The molecular weight excluding hydrogens is 441 g/mol. The highest BCUT2D eigenvalue weighted by Crippen LogP contribution is 2.27. The lowest BCUT2D eigenvalue weighted by molar-refractivity contribution is -0.121. The van der Waals surface area contributed by atoms with Gasteiger partial charge in [0.25, 0.3) is 0 Å². The molecule has 1 heterocycles. The molecule has 0 unspecified atom stereocenters. The van der Waals surface area contributed by atoms with Crippen molar-refractivity contribution in [2.75, 3.05) is 10.6 Å². The molecule has 0 aliphatic rings. The standard InChI is InChI=1S/C21H21ClFN5O2S/c1-2-28-20(26-27-21(28)31-13-14-5-3-4-6-17(14)22)25-19(30)12-11-18(29)24-16-9-7-15(23)8-10-16/h3-10H,2,11-13H2,1H3,(H,24,29)(H,25,26,30). The Kier molecular flexibility index (Phi) is 8.02. The first-order valence-electron chi connectivity index (χ1n) is 9.61. The van der Waals surface area contributed by atoms with Gasteiger partial charge in [0.05, 0.1) is 0 Å². The number of hydrogen-bond acceptors (Lipinski definition) is 5. The van der Waals surface area contributed by atoms with E-state index in [0.717, 1.165) is 5.56 Å². The molecule has 0 spiro atoms. The van der Waals surface area contributed by atoms with Crippen molar-refractivity contribution in [3.8, 4) is 0 Å². The predicted molar refractivity (Wildman–Crippen MR) is 120 cm³/mol. The van der Waals surface area contributed by atoms with E-state index in [-0.39, 0.29) is 30.5 Å². The lowest BCUT2D eigenvalue weighted by Crippen LogP contribution is -2.19. The molecule has 0 radical (unpaired) electrons. The maximum atomic E-state index is 12.9. The van der Waals surface area contributed by atoms with Crippen molar-refractivity contribution >= 4 is 46.8 Å². The molecule has 10 heteroatoms. The van der Waals surface area contributed by atoms with Gasteiger partial charge in [0.2, 0.25) is 17.8 Å². The number of carbonyl (C=O) groups is 2. The van der Waals surface area contributed by atoms with Gasteiger partial charge >= 0.3 is 0 Å². The van der Waals surface area contributed by atoms with Crippen molar-refractivity contribution in [1.29, 1.82) is 0 Å². The summed E-state index contributed by atoms with van der Waals surface area (Å²) in [4.78, 5) is 24.3. The van der Waals surface area contributed by atoms with E-state index in [4.69, 9.17) is 11.6 Å². The summed E-state index contributed by atoms with van der Waals surface area (Å²) in [5, 5.41) is 14.9. The van der Waals surface area contributed by atoms with Gasteiger partial charge in [-0.1, -0.05) is 41.6 Å². The van der Waals surface area contributed by atoms with Crippen LogP contribution in [0.2, 0.25) is 5.02 Å². The molecule has 3 rings (SSSR count). The maximum Gasteiger partial charge on any atom is 0.231 e. The minimum Gasteiger partial charge on any atom is -0.326 e. The van der Waals surface area contributed by atoms with Crippen LogP contribution < -0.4 is 10.6 Å². The topological polar surface area (TPSA) is 88.9 Å². The summed E-state index contributed by atoms with van der Waals surface area (Å²) in [5.74, 6) is -0.126. The molecule has 1 aromatic heterocycles. The van der Waals surface area contributed by atoms with Crippen molar-refractivity contribution < 1.29 is 14.0 Å². The molecule has 2 N–H and O–H groups in total. The van der Waals surface area contributed by atoms with Crippen LogP contribution in [0.4, 0.5) is 16.0 Å². The Labute approximate surface area is 188 Å². The summed E-state index contributed by atoms with van der Waals surface area (Å²) in [6.45, 7) is 2.49. The number of halogens is 2. The van der Waals surface area contributed by atoms with Gasteiger partial charge in [0, 0.05) is 35.8 Å². The molecule has 0 aliphatic heterocycles. The van der Waals surface area contributed by atoms with E-state index >= 15 is 0 Å². The second-order valence-electron chi connectivity index (χ2n) is 6.53. The maximum absolute atomic E-state index is 12.9. The predicted octanol–water partition coefficient (Wildman–Crippen LogP) is 4.74. The van der Waals surface area contributed by atoms with Gasteiger partial charge in [0.15, 0.2) is 5.16 Å². The number of amides is 2. The number of benzene rings is 2. The third kappa shape index (κ3) is 6.53. The fourth-order valence-electron chi connectivity index (χ4n) is 2.70. The summed E-state index contributed by atoms with van der Waals surface area (Å²) in [5.41, 5.74) is 1.45. The molecule has 0 fully saturated rings. The summed E-state index contributed by atoms with van der Waals surface area (Å²) < 4.78 is 14.7. The Balaban J connectivity index is 1.52. The average molecular weight is 462 g/mol. The number of hydrogen-bond donors (Lipinski definition) is 2. The Hall–Kier alpha value is -2.91. The van der Waals surface area contributed by atoms with Crippen molar-refractivity contribution in [3.05, 3.63) is 64.9 Å². The van der Waals surface area contributed by atoms with Gasteiger partial charge in [-0.3, -0.25) is 19.5 Å². The Bertz CT molecular complexity index is 1060. The number of aromatic nitrogens is 3. The first-order valence-corrected chi connectivity index (χ1v) is 11.0. The van der Waals surface area contributed by atoms with E-state index in [0.29, 0.717) is 34.1 Å². The minimum absolute atomic E-state index is 0.0163. The van der Waals surface area contributed by atoms with E-state index < -0.39 is 0 Å². The third-order valence-corrected chi connectivity index (χ3v) is 5.69. The fourth-order valence-corrected chi connectivity index (χ4v) is 3.99. The molecular formula is C21H21ClFN5O2S. The Morgan fingerprint density at radius 1 is 1.03 bits per heavy atom. The second kappa shape index (κ2) is 10.9. The van der Waals surface area contributed by atoms with Crippen LogP contribution in [0.25, 0.3) is 0 Å². The molecule has 0 atom stereocenters. The van der Waals surface area contributed by atoms with Crippen LogP contribution in [-0.2, 0) is 21.9 Å². The molecule has 0 bridgehead atoms. The molecule has 0 saturated heterocycles. The van der Waals surface area contributed by atoms with E-state index in [1.807, 2.05) is 31.2 Å². The van der Waals surface area contributed by atoms with Crippen molar-refractivity contribution in [2.24, 2.45) is 0 Å². The summed E-state index contributed by atoms with van der Waals surface area (Å²) in [7, 11) is 0. The SMILES string of the molecule is CCn1c(NC(=O)CCC(=O)Nc2ccc(F)cc2)nnc1SCc1ccccc1Cl. The normalized spacial score (nSPS) is 10.7. The van der Waals surface area contributed by atoms with Crippen LogP contribution in [0, 0.1) is 5.82 Å². The minimum atomic E-state index is -0.387. The van der Waals surface area contributed by atoms with Crippen LogP contribution in [0.3, 0.4) is 0 Å². The fraction of sp³-hybridized carbons (Fsp3) is 0.238. The molecule has 31 heavy (non-hydrogen) atoms. The van der Waals surface area contributed by atoms with Gasteiger partial charge < -0.3 is 5.32 Å². The molecule has 0 aliphatic carbocycles. The van der Waals surface area contributed by atoms with Gasteiger partial charge in [-0.05, 0) is 42.8 Å². The zero-order valence-electron chi connectivity index (χ0n) is 16.8. The van der Waals surface area contributed by atoms with Crippen molar-refractivity contribution in [3.63, 3.8) is 0 Å².